The van der Waals surface area contributed by atoms with E-state index < -0.39 is 11.4 Å². The molecular formula is C31H37NO5S. The molecule has 0 fully saturated rings. The minimum atomic E-state index is -0.919. The molecule has 0 aliphatic carbocycles. The minimum Gasteiger partial charge on any atom is -0.493 e. The first-order valence-electron chi connectivity index (χ1n) is 12.5. The lowest BCUT2D eigenvalue weighted by Gasteiger charge is -2.30. The number of thioether (sulfide) groups is 1. The van der Waals surface area contributed by atoms with Gasteiger partial charge in [0, 0.05) is 32.9 Å². The van der Waals surface area contributed by atoms with Gasteiger partial charge in [-0.15, -0.1) is 0 Å². The van der Waals surface area contributed by atoms with E-state index in [0.717, 1.165) is 16.9 Å². The molecule has 0 atom stereocenters. The van der Waals surface area contributed by atoms with Gasteiger partial charge in [-0.25, -0.2) is 0 Å². The van der Waals surface area contributed by atoms with Crippen LogP contribution in [0.2, 0.25) is 0 Å². The van der Waals surface area contributed by atoms with Crippen molar-refractivity contribution in [3.05, 3.63) is 77.9 Å². The van der Waals surface area contributed by atoms with Gasteiger partial charge in [0.2, 0.25) is 5.91 Å². The van der Waals surface area contributed by atoms with E-state index in [-0.39, 0.29) is 17.1 Å². The third-order valence-corrected chi connectivity index (χ3v) is 6.95. The number of amides is 1. The number of ether oxygens (including phenoxy) is 2. The number of aliphatic carboxylic acids is 1. The molecule has 1 amide bonds. The lowest BCUT2D eigenvalue weighted by molar-refractivity contribution is -0.136. The van der Waals surface area contributed by atoms with Crippen LogP contribution in [0.25, 0.3) is 0 Å². The van der Waals surface area contributed by atoms with Crippen molar-refractivity contribution >= 4 is 35.0 Å². The summed E-state index contributed by atoms with van der Waals surface area (Å²) in [4.78, 5) is 26.6. The molecule has 0 heterocycles. The number of methoxy groups -OCH3 is 1. The van der Waals surface area contributed by atoms with Crippen molar-refractivity contribution in [2.45, 2.75) is 58.5 Å². The highest BCUT2D eigenvalue weighted by atomic mass is 32.2. The van der Waals surface area contributed by atoms with Crippen molar-refractivity contribution in [3.8, 4) is 17.2 Å². The second kappa shape index (κ2) is 11.9. The molecule has 0 aliphatic heterocycles. The predicted molar refractivity (Wildman–Crippen MR) is 155 cm³/mol. The van der Waals surface area contributed by atoms with E-state index in [1.165, 1.54) is 0 Å². The largest absolute Gasteiger partial charge is 0.493 e. The number of hydrogen-bond donors (Lipinski definition) is 1. The summed E-state index contributed by atoms with van der Waals surface area (Å²) in [6.07, 6.45) is -0.118. The first kappa shape index (κ1) is 29.1. The Morgan fingerprint density at radius 3 is 2.08 bits per heavy atom. The Morgan fingerprint density at radius 2 is 1.50 bits per heavy atom. The zero-order valence-corrected chi connectivity index (χ0v) is 24.0. The highest BCUT2D eigenvalue weighted by Crippen LogP contribution is 2.40. The average Bonchev–Trinajstić information content (AvgIpc) is 2.83. The van der Waals surface area contributed by atoms with Crippen LogP contribution in [0, 0.1) is 5.41 Å². The van der Waals surface area contributed by atoms with Crippen LogP contribution >= 0.6 is 11.8 Å². The molecule has 0 aliphatic rings. The summed E-state index contributed by atoms with van der Waals surface area (Å²) in [5.41, 5.74) is 2.47. The third kappa shape index (κ3) is 7.78. The number of nitrogens with zero attached hydrogens (tertiary/aromatic N) is 1. The lowest BCUT2D eigenvalue weighted by atomic mass is 9.94. The maximum atomic E-state index is 13.6. The van der Waals surface area contributed by atoms with Gasteiger partial charge in [-0.2, -0.15) is 11.8 Å². The number of rotatable bonds is 9. The molecule has 3 aromatic carbocycles. The molecule has 202 valence electrons. The van der Waals surface area contributed by atoms with E-state index >= 15 is 0 Å². The summed E-state index contributed by atoms with van der Waals surface area (Å²) in [6.45, 7) is 12.2. The van der Waals surface area contributed by atoms with Crippen molar-refractivity contribution in [1.29, 1.82) is 0 Å². The summed E-state index contributed by atoms with van der Waals surface area (Å²) in [6, 6.07) is 20.5. The van der Waals surface area contributed by atoms with Crippen molar-refractivity contribution < 1.29 is 24.2 Å². The van der Waals surface area contributed by atoms with Gasteiger partial charge in [-0.3, -0.25) is 14.5 Å². The summed E-state index contributed by atoms with van der Waals surface area (Å²) in [5, 5.41) is 9.24. The maximum Gasteiger partial charge on any atom is 0.307 e. The molecule has 38 heavy (non-hydrogen) atoms. The fourth-order valence-electron chi connectivity index (χ4n) is 3.71. The molecule has 3 aromatic rings. The number of carboxylic acid groups (broad SMARTS) is 1. The number of anilines is 2. The highest BCUT2D eigenvalue weighted by Gasteiger charge is 2.30. The predicted octanol–water partition coefficient (Wildman–Crippen LogP) is 7.86. The van der Waals surface area contributed by atoms with Gasteiger partial charge >= 0.3 is 5.97 Å². The standard InChI is InChI=1S/C31H37NO5S/c1-30(2,3)29(35)32(23-11-9-8-10-12-23)24-14-16-25(22(19-24)20-38-31(4,5)6)37-27-17-21(18-28(33)34)13-15-26(27)36-7/h8-17,19H,18,20H2,1-7H3,(H,33,34). The van der Waals surface area contributed by atoms with E-state index in [4.69, 9.17) is 9.47 Å². The van der Waals surface area contributed by atoms with Gasteiger partial charge in [0.05, 0.1) is 13.5 Å². The van der Waals surface area contributed by atoms with Crippen LogP contribution in [0.3, 0.4) is 0 Å². The molecule has 0 aromatic heterocycles. The fraction of sp³-hybridized carbons (Fsp3) is 0.355. The van der Waals surface area contributed by atoms with Crippen molar-refractivity contribution in [3.63, 3.8) is 0 Å². The van der Waals surface area contributed by atoms with Crippen LogP contribution in [0.1, 0.15) is 52.7 Å². The van der Waals surface area contributed by atoms with Crippen molar-refractivity contribution in [2.24, 2.45) is 5.41 Å². The number of hydrogen-bond acceptors (Lipinski definition) is 5. The minimum absolute atomic E-state index is 0.00666. The molecule has 0 bridgehead atoms. The summed E-state index contributed by atoms with van der Waals surface area (Å²) in [5.74, 6) is 1.27. The SMILES string of the molecule is COc1ccc(CC(=O)O)cc1Oc1ccc(N(C(=O)C(C)(C)C)c2ccccc2)cc1CSC(C)(C)C. The molecule has 3 rings (SSSR count). The molecule has 0 unspecified atom stereocenters. The van der Waals surface area contributed by atoms with Gasteiger partial charge in [0.15, 0.2) is 11.5 Å². The molecule has 0 saturated carbocycles. The molecule has 1 N–H and O–H groups in total. The van der Waals surface area contributed by atoms with Crippen LogP contribution in [0.15, 0.2) is 66.7 Å². The monoisotopic (exact) mass is 535 g/mol. The molecular weight excluding hydrogens is 498 g/mol. The van der Waals surface area contributed by atoms with E-state index in [1.54, 1.807) is 42.0 Å². The van der Waals surface area contributed by atoms with Gasteiger partial charge in [0.25, 0.3) is 0 Å². The van der Waals surface area contributed by atoms with E-state index in [2.05, 4.69) is 20.8 Å². The van der Waals surface area contributed by atoms with E-state index in [1.807, 2.05) is 69.3 Å². The number of benzene rings is 3. The zero-order chi connectivity index (χ0) is 28.1. The smallest absolute Gasteiger partial charge is 0.307 e. The maximum absolute atomic E-state index is 13.6. The van der Waals surface area contributed by atoms with Crippen LogP contribution in [0.5, 0.6) is 17.2 Å². The van der Waals surface area contributed by atoms with Crippen LogP contribution in [0.4, 0.5) is 11.4 Å². The van der Waals surface area contributed by atoms with Crippen LogP contribution in [-0.4, -0.2) is 28.8 Å². The van der Waals surface area contributed by atoms with Gasteiger partial charge in [-0.1, -0.05) is 65.8 Å². The highest BCUT2D eigenvalue weighted by molar-refractivity contribution is 7.99. The quantitative estimate of drug-likeness (QED) is 0.301. The fourth-order valence-corrected chi connectivity index (χ4v) is 4.53. The van der Waals surface area contributed by atoms with Gasteiger partial charge in [0.1, 0.15) is 5.75 Å². The topological polar surface area (TPSA) is 76.1 Å². The van der Waals surface area contributed by atoms with Crippen molar-refractivity contribution in [1.82, 2.24) is 0 Å². The molecule has 7 heteroatoms. The second-order valence-corrected chi connectivity index (χ2v) is 12.9. The van der Waals surface area contributed by atoms with Crippen LogP contribution < -0.4 is 14.4 Å². The van der Waals surface area contributed by atoms with Crippen LogP contribution in [-0.2, 0) is 21.8 Å². The van der Waals surface area contributed by atoms with E-state index in [9.17, 15) is 14.7 Å². The normalized spacial score (nSPS) is 11.7. The van der Waals surface area contributed by atoms with Gasteiger partial charge < -0.3 is 14.6 Å². The summed E-state index contributed by atoms with van der Waals surface area (Å²) in [7, 11) is 1.55. The number of carbonyl (C=O) groups is 2. The summed E-state index contributed by atoms with van der Waals surface area (Å²) < 4.78 is 11.8. The third-order valence-electron chi connectivity index (χ3n) is 5.63. The first-order chi connectivity index (χ1) is 17.8. The molecule has 6 nitrogen and oxygen atoms in total. The van der Waals surface area contributed by atoms with E-state index in [0.29, 0.717) is 28.6 Å². The Balaban J connectivity index is 2.11. The van der Waals surface area contributed by atoms with Crippen molar-refractivity contribution in [2.75, 3.05) is 12.0 Å². The Bertz CT molecular complexity index is 1280. The Kier molecular flexibility index (Phi) is 9.15. The van der Waals surface area contributed by atoms with Gasteiger partial charge in [-0.05, 0) is 48.0 Å². The molecule has 0 radical (unpaired) electrons. The second-order valence-electron chi connectivity index (χ2n) is 11.1. The summed E-state index contributed by atoms with van der Waals surface area (Å²) >= 11 is 1.77. The average molecular weight is 536 g/mol. The Hall–Kier alpha value is -3.45. The first-order valence-corrected chi connectivity index (χ1v) is 13.5. The Morgan fingerprint density at radius 1 is 0.842 bits per heavy atom. The number of para-hydroxylation sites is 1. The number of carbonyl (C=O) groups excluding carboxylic acids is 1. The lowest BCUT2D eigenvalue weighted by Crippen LogP contribution is -2.36. The number of carboxylic acids is 1. The Labute approximate surface area is 230 Å². The zero-order valence-electron chi connectivity index (χ0n) is 23.2. The molecule has 0 spiro atoms. The molecule has 0 saturated heterocycles.